The van der Waals surface area contributed by atoms with E-state index in [0.29, 0.717) is 17.9 Å². The zero-order chi connectivity index (χ0) is 20.2. The Morgan fingerprint density at radius 2 is 1.83 bits per heavy atom. The standard InChI is InChI=1S/C24H25N3O2/c1-16-3-7-18(8-4-16)19-13-22-21(23(28)14-19)15-26-24(27-22)25-12-11-17-5-9-20(29-2)10-6-17/h3-10,15,19H,11-14H2,1-2H3,(H,25,26,27)/t19-/m0/s1. The normalized spacial score (nSPS) is 15.7. The van der Waals surface area contributed by atoms with E-state index in [9.17, 15) is 4.79 Å². The van der Waals surface area contributed by atoms with Crippen LogP contribution in [0.5, 0.6) is 5.75 Å². The van der Waals surface area contributed by atoms with Gasteiger partial charge in [-0.05, 0) is 48.9 Å². The van der Waals surface area contributed by atoms with Crippen LogP contribution in [0.2, 0.25) is 0 Å². The second kappa shape index (κ2) is 8.43. The first-order chi connectivity index (χ1) is 14.1. The predicted molar refractivity (Wildman–Crippen MR) is 114 cm³/mol. The van der Waals surface area contributed by atoms with Crippen molar-refractivity contribution in [2.75, 3.05) is 19.0 Å². The molecule has 1 aromatic heterocycles. The molecule has 0 saturated carbocycles. The number of aromatic nitrogens is 2. The molecule has 0 fully saturated rings. The average Bonchev–Trinajstić information content (AvgIpc) is 2.74. The summed E-state index contributed by atoms with van der Waals surface area (Å²) in [6, 6.07) is 16.5. The number of hydrogen-bond donors (Lipinski definition) is 1. The van der Waals surface area contributed by atoms with Gasteiger partial charge in [0.2, 0.25) is 5.95 Å². The Hall–Kier alpha value is -3.21. The number of anilines is 1. The fourth-order valence-electron chi connectivity index (χ4n) is 3.72. The molecule has 5 heteroatoms. The molecule has 0 radical (unpaired) electrons. The molecule has 0 spiro atoms. The number of methoxy groups -OCH3 is 1. The van der Waals surface area contributed by atoms with Crippen molar-refractivity contribution in [1.82, 2.24) is 9.97 Å². The van der Waals surface area contributed by atoms with Crippen molar-refractivity contribution < 1.29 is 9.53 Å². The van der Waals surface area contributed by atoms with Crippen LogP contribution in [0.4, 0.5) is 5.95 Å². The number of nitrogens with zero attached hydrogens (tertiary/aromatic N) is 2. The Morgan fingerprint density at radius 1 is 1.07 bits per heavy atom. The van der Waals surface area contributed by atoms with E-state index in [2.05, 4.69) is 58.6 Å². The van der Waals surface area contributed by atoms with Crippen LogP contribution in [0, 0.1) is 6.92 Å². The maximum Gasteiger partial charge on any atom is 0.222 e. The van der Waals surface area contributed by atoms with Crippen molar-refractivity contribution in [2.24, 2.45) is 0 Å². The highest BCUT2D eigenvalue weighted by Gasteiger charge is 2.28. The zero-order valence-corrected chi connectivity index (χ0v) is 16.8. The van der Waals surface area contributed by atoms with Crippen LogP contribution in [-0.4, -0.2) is 29.4 Å². The Morgan fingerprint density at radius 3 is 2.55 bits per heavy atom. The second-order valence-electron chi connectivity index (χ2n) is 7.52. The minimum Gasteiger partial charge on any atom is -0.497 e. The first-order valence-corrected chi connectivity index (χ1v) is 9.95. The van der Waals surface area contributed by atoms with Gasteiger partial charge in [-0.25, -0.2) is 9.97 Å². The van der Waals surface area contributed by atoms with E-state index in [1.165, 1.54) is 16.7 Å². The zero-order valence-electron chi connectivity index (χ0n) is 16.8. The van der Waals surface area contributed by atoms with Crippen LogP contribution in [-0.2, 0) is 12.8 Å². The summed E-state index contributed by atoms with van der Waals surface area (Å²) in [6.45, 7) is 2.79. The highest BCUT2D eigenvalue weighted by Crippen LogP contribution is 2.32. The van der Waals surface area contributed by atoms with Crippen LogP contribution in [0.3, 0.4) is 0 Å². The third kappa shape index (κ3) is 4.45. The molecule has 0 amide bonds. The van der Waals surface area contributed by atoms with Crippen molar-refractivity contribution >= 4 is 11.7 Å². The van der Waals surface area contributed by atoms with E-state index in [1.807, 2.05) is 12.1 Å². The molecule has 29 heavy (non-hydrogen) atoms. The third-order valence-corrected chi connectivity index (χ3v) is 5.44. The van der Waals surface area contributed by atoms with Gasteiger partial charge in [0.1, 0.15) is 5.75 Å². The summed E-state index contributed by atoms with van der Waals surface area (Å²) in [7, 11) is 1.66. The lowest BCUT2D eigenvalue weighted by Gasteiger charge is -2.23. The fraction of sp³-hybridized carbons (Fsp3) is 0.292. The molecular formula is C24H25N3O2. The Labute approximate surface area is 171 Å². The van der Waals surface area contributed by atoms with Gasteiger partial charge < -0.3 is 10.1 Å². The molecule has 0 saturated heterocycles. The molecule has 4 rings (SSSR count). The van der Waals surface area contributed by atoms with Gasteiger partial charge >= 0.3 is 0 Å². The first kappa shape index (κ1) is 19.1. The highest BCUT2D eigenvalue weighted by atomic mass is 16.5. The van der Waals surface area contributed by atoms with Gasteiger partial charge in [-0.1, -0.05) is 42.0 Å². The summed E-state index contributed by atoms with van der Waals surface area (Å²) in [4.78, 5) is 21.6. The number of hydrogen-bond acceptors (Lipinski definition) is 5. The SMILES string of the molecule is COc1ccc(CCNc2ncc3c(n2)C[C@H](c2ccc(C)cc2)CC3=O)cc1. The molecule has 1 aliphatic carbocycles. The van der Waals surface area contributed by atoms with Crippen molar-refractivity contribution in [3.05, 3.63) is 82.7 Å². The molecular weight excluding hydrogens is 362 g/mol. The number of nitrogens with one attached hydrogen (secondary N) is 1. The monoisotopic (exact) mass is 387 g/mol. The molecule has 3 aromatic rings. The lowest BCUT2D eigenvalue weighted by atomic mass is 9.82. The molecule has 148 valence electrons. The van der Waals surface area contributed by atoms with Crippen LogP contribution in [0.25, 0.3) is 0 Å². The number of ether oxygens (including phenoxy) is 1. The fourth-order valence-corrected chi connectivity index (χ4v) is 3.72. The van der Waals surface area contributed by atoms with Gasteiger partial charge in [-0.2, -0.15) is 0 Å². The predicted octanol–water partition coefficient (Wildman–Crippen LogP) is 4.36. The number of fused-ring (bicyclic) bond motifs is 1. The quantitative estimate of drug-likeness (QED) is 0.681. The van der Waals surface area contributed by atoms with Gasteiger partial charge in [0, 0.05) is 19.2 Å². The largest absolute Gasteiger partial charge is 0.497 e. The van der Waals surface area contributed by atoms with E-state index in [4.69, 9.17) is 4.74 Å². The van der Waals surface area contributed by atoms with E-state index < -0.39 is 0 Å². The van der Waals surface area contributed by atoms with Gasteiger partial charge in [-0.3, -0.25) is 4.79 Å². The summed E-state index contributed by atoms with van der Waals surface area (Å²) in [5.41, 5.74) is 5.14. The van der Waals surface area contributed by atoms with Crippen LogP contribution < -0.4 is 10.1 Å². The molecule has 0 aliphatic heterocycles. The summed E-state index contributed by atoms with van der Waals surface area (Å²) < 4.78 is 5.19. The number of ketones is 1. The van der Waals surface area contributed by atoms with Gasteiger partial charge in [0.25, 0.3) is 0 Å². The van der Waals surface area contributed by atoms with Gasteiger partial charge in [0.15, 0.2) is 5.78 Å². The van der Waals surface area contributed by atoms with Crippen molar-refractivity contribution in [3.63, 3.8) is 0 Å². The number of carbonyl (C=O) groups excluding carboxylic acids is 1. The molecule has 1 N–H and O–H groups in total. The smallest absolute Gasteiger partial charge is 0.222 e. The van der Waals surface area contributed by atoms with Crippen molar-refractivity contribution in [1.29, 1.82) is 0 Å². The van der Waals surface area contributed by atoms with E-state index >= 15 is 0 Å². The summed E-state index contributed by atoms with van der Waals surface area (Å²) in [5, 5.41) is 3.28. The molecule has 1 aliphatic rings. The number of benzene rings is 2. The number of carbonyl (C=O) groups is 1. The Balaban J connectivity index is 1.42. The van der Waals surface area contributed by atoms with E-state index in [0.717, 1.165) is 30.8 Å². The molecule has 1 atom stereocenters. The summed E-state index contributed by atoms with van der Waals surface area (Å²) in [5.74, 6) is 1.74. The topological polar surface area (TPSA) is 64.1 Å². The summed E-state index contributed by atoms with van der Waals surface area (Å²) >= 11 is 0. The number of Topliss-reactive ketones (excluding diaryl/α,β-unsaturated/α-hetero) is 1. The molecule has 0 unspecified atom stereocenters. The minimum absolute atomic E-state index is 0.126. The lowest BCUT2D eigenvalue weighted by molar-refractivity contribution is 0.0962. The molecule has 1 heterocycles. The number of rotatable bonds is 6. The number of aryl methyl sites for hydroxylation is 1. The average molecular weight is 387 g/mol. The Bertz CT molecular complexity index is 998. The van der Waals surface area contributed by atoms with E-state index in [-0.39, 0.29) is 11.7 Å². The van der Waals surface area contributed by atoms with Crippen molar-refractivity contribution in [2.45, 2.75) is 32.1 Å². The summed E-state index contributed by atoms with van der Waals surface area (Å²) in [6.07, 6.45) is 3.81. The van der Waals surface area contributed by atoms with Gasteiger partial charge in [0.05, 0.1) is 18.4 Å². The third-order valence-electron chi connectivity index (χ3n) is 5.44. The Kier molecular flexibility index (Phi) is 5.56. The van der Waals surface area contributed by atoms with Crippen LogP contribution in [0.15, 0.2) is 54.7 Å². The van der Waals surface area contributed by atoms with Gasteiger partial charge in [-0.15, -0.1) is 0 Å². The highest BCUT2D eigenvalue weighted by molar-refractivity contribution is 5.98. The first-order valence-electron chi connectivity index (χ1n) is 9.95. The molecule has 0 bridgehead atoms. The lowest BCUT2D eigenvalue weighted by Crippen LogP contribution is -2.21. The van der Waals surface area contributed by atoms with Crippen LogP contribution >= 0.6 is 0 Å². The van der Waals surface area contributed by atoms with E-state index in [1.54, 1.807) is 13.3 Å². The maximum absolute atomic E-state index is 12.6. The molecule has 2 aromatic carbocycles. The van der Waals surface area contributed by atoms with Crippen LogP contribution in [0.1, 0.15) is 45.1 Å². The maximum atomic E-state index is 12.6. The molecule has 5 nitrogen and oxygen atoms in total. The van der Waals surface area contributed by atoms with Crippen molar-refractivity contribution in [3.8, 4) is 5.75 Å². The minimum atomic E-state index is 0.126. The second-order valence-corrected chi connectivity index (χ2v) is 7.52.